The SMILES string of the molecule is CCC(=O)C1=C(O)[C@@]2(O)C(=O)C3=C(O)c4c(O)ccc(C)c4C[C@H]3C[C@H]2[C@H](N(C)C)C1=O. The van der Waals surface area contributed by atoms with Crippen LogP contribution in [0.1, 0.15) is 36.5 Å². The number of hydrogen-bond donors (Lipinski definition) is 4. The van der Waals surface area contributed by atoms with Crippen molar-refractivity contribution in [2.75, 3.05) is 14.1 Å². The van der Waals surface area contributed by atoms with Crippen LogP contribution in [0, 0.1) is 18.8 Å². The van der Waals surface area contributed by atoms with Crippen molar-refractivity contribution in [2.24, 2.45) is 11.8 Å². The highest BCUT2D eigenvalue weighted by molar-refractivity contribution is 6.25. The molecular weight excluding hydrogens is 414 g/mol. The molecule has 0 spiro atoms. The molecule has 0 aliphatic heterocycles. The van der Waals surface area contributed by atoms with E-state index in [4.69, 9.17) is 0 Å². The first kappa shape index (κ1) is 22.2. The van der Waals surface area contributed by atoms with E-state index in [1.165, 1.54) is 13.0 Å². The maximum absolute atomic E-state index is 13.7. The number of aromatic hydroxyl groups is 1. The Balaban J connectivity index is 1.99. The van der Waals surface area contributed by atoms with Gasteiger partial charge in [-0.1, -0.05) is 13.0 Å². The zero-order valence-electron chi connectivity index (χ0n) is 18.5. The Bertz CT molecular complexity index is 1130. The maximum atomic E-state index is 13.7. The number of rotatable bonds is 3. The van der Waals surface area contributed by atoms with Crippen molar-refractivity contribution in [2.45, 2.75) is 44.8 Å². The van der Waals surface area contributed by atoms with Crippen molar-refractivity contribution in [3.63, 3.8) is 0 Å². The molecule has 3 aliphatic rings. The highest BCUT2D eigenvalue weighted by atomic mass is 16.3. The highest BCUT2D eigenvalue weighted by Crippen LogP contribution is 2.52. The number of hydrogen-bond acceptors (Lipinski definition) is 8. The van der Waals surface area contributed by atoms with Gasteiger partial charge in [-0.3, -0.25) is 19.3 Å². The predicted octanol–water partition coefficient (Wildman–Crippen LogP) is 1.77. The first-order chi connectivity index (χ1) is 15.0. The number of likely N-dealkylation sites (N-methyl/N-ethyl adjacent to an activating group) is 1. The summed E-state index contributed by atoms with van der Waals surface area (Å²) in [5.41, 5.74) is -1.53. The molecule has 1 aromatic carbocycles. The molecule has 0 amide bonds. The summed E-state index contributed by atoms with van der Waals surface area (Å²) in [5, 5.41) is 43.9. The lowest BCUT2D eigenvalue weighted by Crippen LogP contribution is -2.65. The molecule has 32 heavy (non-hydrogen) atoms. The normalized spacial score (nSPS) is 29.8. The summed E-state index contributed by atoms with van der Waals surface area (Å²) in [6.45, 7) is 3.36. The number of carbonyl (C=O) groups is 3. The van der Waals surface area contributed by atoms with Crippen molar-refractivity contribution < 1.29 is 34.8 Å². The standard InChI is InChI=1S/C24H27NO7/c1-5-14(26)18-21(29)19(25(3)4)13-9-11-8-12-10(2)6-7-15(27)17(12)20(28)16(11)22(30)24(13,32)23(18)31/h6-7,11,13,19,27-28,31-32H,5,8-9H2,1-4H3/t11-,13-,19-,24-/m0/s1. The smallest absolute Gasteiger partial charge is 0.202 e. The van der Waals surface area contributed by atoms with Crippen LogP contribution in [0.3, 0.4) is 0 Å². The number of phenols is 1. The summed E-state index contributed by atoms with van der Waals surface area (Å²) >= 11 is 0. The molecule has 3 aliphatic carbocycles. The first-order valence-corrected chi connectivity index (χ1v) is 10.7. The number of Topliss-reactive ketones (excluding diaryl/α,β-unsaturated/α-hetero) is 3. The second kappa shape index (κ2) is 7.28. The van der Waals surface area contributed by atoms with E-state index in [-0.39, 0.29) is 29.7 Å². The average Bonchev–Trinajstić information content (AvgIpc) is 2.73. The zero-order chi connectivity index (χ0) is 23.7. The van der Waals surface area contributed by atoms with Crippen LogP contribution in [-0.2, 0) is 20.8 Å². The quantitative estimate of drug-likeness (QED) is 0.521. The molecule has 4 atom stereocenters. The molecule has 4 N–H and O–H groups in total. The van der Waals surface area contributed by atoms with Crippen LogP contribution in [0.25, 0.3) is 5.76 Å². The molecular formula is C24H27NO7. The van der Waals surface area contributed by atoms with E-state index in [0.29, 0.717) is 12.0 Å². The van der Waals surface area contributed by atoms with Crippen molar-refractivity contribution in [1.82, 2.24) is 4.90 Å². The molecule has 0 aromatic heterocycles. The Morgan fingerprint density at radius 1 is 1.19 bits per heavy atom. The van der Waals surface area contributed by atoms with Crippen molar-refractivity contribution >= 4 is 23.1 Å². The molecule has 0 radical (unpaired) electrons. The molecule has 1 fully saturated rings. The van der Waals surface area contributed by atoms with Crippen molar-refractivity contribution in [1.29, 1.82) is 0 Å². The number of fused-ring (bicyclic) bond motifs is 3. The lowest BCUT2D eigenvalue weighted by molar-refractivity contribution is -0.153. The summed E-state index contributed by atoms with van der Waals surface area (Å²) < 4.78 is 0. The Morgan fingerprint density at radius 3 is 2.44 bits per heavy atom. The van der Waals surface area contributed by atoms with Crippen LogP contribution in [0.15, 0.2) is 29.0 Å². The number of nitrogens with zero attached hydrogens (tertiary/aromatic N) is 1. The molecule has 1 aromatic rings. The summed E-state index contributed by atoms with van der Waals surface area (Å²) in [6, 6.07) is 2.14. The second-order valence-corrected chi connectivity index (χ2v) is 9.13. The van der Waals surface area contributed by atoms with E-state index in [2.05, 4.69) is 0 Å². The molecule has 8 nitrogen and oxygen atoms in total. The molecule has 0 heterocycles. The number of aliphatic hydroxyl groups excluding tert-OH is 2. The number of aryl methyl sites for hydroxylation is 1. The third kappa shape index (κ3) is 2.72. The van der Waals surface area contributed by atoms with Crippen molar-refractivity contribution in [3.05, 3.63) is 45.7 Å². The van der Waals surface area contributed by atoms with Gasteiger partial charge in [-0.2, -0.15) is 0 Å². The largest absolute Gasteiger partial charge is 0.508 e. The molecule has 170 valence electrons. The summed E-state index contributed by atoms with van der Waals surface area (Å²) in [5.74, 6) is -5.34. The van der Waals surface area contributed by atoms with Crippen LogP contribution in [0.4, 0.5) is 0 Å². The number of phenolic OH excluding ortho intramolecular Hbond substituents is 1. The van der Waals surface area contributed by atoms with E-state index in [1.54, 1.807) is 25.1 Å². The van der Waals surface area contributed by atoms with Gasteiger partial charge in [0.15, 0.2) is 17.2 Å². The molecule has 0 unspecified atom stereocenters. The van der Waals surface area contributed by atoms with Crippen LogP contribution in [0.2, 0.25) is 0 Å². The van der Waals surface area contributed by atoms with Gasteiger partial charge in [0.1, 0.15) is 22.8 Å². The molecule has 0 bridgehead atoms. The fourth-order valence-corrected chi connectivity index (χ4v) is 5.61. The fraction of sp³-hybridized carbons (Fsp3) is 0.458. The van der Waals surface area contributed by atoms with Crippen LogP contribution in [-0.4, -0.2) is 68.4 Å². The highest BCUT2D eigenvalue weighted by Gasteiger charge is 2.64. The Kier molecular flexibility index (Phi) is 5.06. The van der Waals surface area contributed by atoms with Gasteiger partial charge in [0.2, 0.25) is 5.78 Å². The fourth-order valence-electron chi connectivity index (χ4n) is 5.61. The third-order valence-electron chi connectivity index (χ3n) is 7.19. The van der Waals surface area contributed by atoms with Gasteiger partial charge in [-0.25, -0.2) is 0 Å². The lowest BCUT2D eigenvalue weighted by Gasteiger charge is -2.50. The lowest BCUT2D eigenvalue weighted by atomic mass is 9.57. The van der Waals surface area contributed by atoms with E-state index in [1.807, 2.05) is 6.92 Å². The van der Waals surface area contributed by atoms with Gasteiger partial charge < -0.3 is 20.4 Å². The molecule has 1 saturated carbocycles. The van der Waals surface area contributed by atoms with Crippen LogP contribution in [0.5, 0.6) is 5.75 Å². The van der Waals surface area contributed by atoms with Crippen molar-refractivity contribution in [3.8, 4) is 5.75 Å². The van der Waals surface area contributed by atoms with E-state index < -0.39 is 57.9 Å². The van der Waals surface area contributed by atoms with Gasteiger partial charge in [0, 0.05) is 17.9 Å². The Hall–Kier alpha value is -2.97. The monoisotopic (exact) mass is 441 g/mol. The Morgan fingerprint density at radius 2 is 1.84 bits per heavy atom. The number of carbonyl (C=O) groups excluding carboxylic acids is 3. The van der Waals surface area contributed by atoms with Gasteiger partial charge in [-0.05, 0) is 57.0 Å². The van der Waals surface area contributed by atoms with Gasteiger partial charge in [0.05, 0.1) is 11.6 Å². The number of benzene rings is 1. The predicted molar refractivity (Wildman–Crippen MR) is 115 cm³/mol. The minimum Gasteiger partial charge on any atom is -0.508 e. The number of aliphatic hydroxyl groups is 3. The summed E-state index contributed by atoms with van der Waals surface area (Å²) in [7, 11) is 3.23. The first-order valence-electron chi connectivity index (χ1n) is 10.7. The maximum Gasteiger partial charge on any atom is 0.202 e. The van der Waals surface area contributed by atoms with E-state index in [9.17, 15) is 34.8 Å². The Labute approximate surface area is 185 Å². The minimum atomic E-state index is -2.53. The second-order valence-electron chi connectivity index (χ2n) is 9.13. The minimum absolute atomic E-state index is 0.0860. The number of ketones is 3. The van der Waals surface area contributed by atoms with E-state index in [0.717, 1.165) is 5.56 Å². The summed E-state index contributed by atoms with van der Waals surface area (Å²) in [6.07, 6.45) is 0.368. The van der Waals surface area contributed by atoms with Crippen LogP contribution < -0.4 is 0 Å². The van der Waals surface area contributed by atoms with Gasteiger partial charge in [0.25, 0.3) is 0 Å². The average molecular weight is 441 g/mol. The topological polar surface area (TPSA) is 135 Å². The summed E-state index contributed by atoms with van der Waals surface area (Å²) in [4.78, 5) is 40.9. The molecule has 0 saturated heterocycles. The van der Waals surface area contributed by atoms with Gasteiger partial charge >= 0.3 is 0 Å². The molecule has 4 rings (SSSR count). The zero-order valence-corrected chi connectivity index (χ0v) is 18.5. The third-order valence-corrected chi connectivity index (χ3v) is 7.19. The van der Waals surface area contributed by atoms with Crippen LogP contribution >= 0.6 is 0 Å². The van der Waals surface area contributed by atoms with Gasteiger partial charge in [-0.15, -0.1) is 0 Å². The molecule has 8 heteroatoms. The van der Waals surface area contributed by atoms with E-state index >= 15 is 0 Å².